The highest BCUT2D eigenvalue weighted by molar-refractivity contribution is 7.89. The van der Waals surface area contributed by atoms with Crippen molar-refractivity contribution in [2.45, 2.75) is 19.8 Å². The first kappa shape index (κ1) is 18.7. The zero-order chi connectivity index (χ0) is 17.4. The van der Waals surface area contributed by atoms with Crippen LogP contribution in [0.25, 0.3) is 0 Å². The van der Waals surface area contributed by atoms with Crippen LogP contribution >= 0.6 is 0 Å². The molecule has 1 aliphatic heterocycles. The Morgan fingerprint density at radius 2 is 1.79 bits per heavy atom. The summed E-state index contributed by atoms with van der Waals surface area (Å²) in [6.07, 6.45) is 0.789. The summed E-state index contributed by atoms with van der Waals surface area (Å²) in [5.74, 6) is -0.297. The van der Waals surface area contributed by atoms with Gasteiger partial charge in [-0.15, -0.1) is 4.83 Å². The SMILES string of the molecule is CCCS(=O)(=O)NNC(=O)CCN1CCN(c2ccccc2)CC1. The van der Waals surface area contributed by atoms with E-state index in [4.69, 9.17) is 0 Å². The standard InChI is InChI=1S/C16H26N4O3S/c1-2-14-24(22,23)18-17-16(21)8-9-19-10-12-20(13-11-19)15-6-4-3-5-7-15/h3-7,18H,2,8-14H2,1H3,(H,17,21). The van der Waals surface area contributed by atoms with Crippen LogP contribution in [0.4, 0.5) is 5.69 Å². The first-order chi connectivity index (χ1) is 11.5. The van der Waals surface area contributed by atoms with E-state index in [-0.39, 0.29) is 18.1 Å². The molecule has 2 rings (SSSR count). The molecule has 1 heterocycles. The van der Waals surface area contributed by atoms with Crippen LogP contribution in [0.3, 0.4) is 0 Å². The lowest BCUT2D eigenvalue weighted by atomic mass is 10.2. The molecule has 0 spiro atoms. The second kappa shape index (κ2) is 9.00. The molecular weight excluding hydrogens is 328 g/mol. The van der Waals surface area contributed by atoms with Gasteiger partial charge in [-0.25, -0.2) is 8.42 Å². The third-order valence-electron chi connectivity index (χ3n) is 3.97. The van der Waals surface area contributed by atoms with Crippen molar-refractivity contribution in [2.75, 3.05) is 43.4 Å². The number of anilines is 1. The molecule has 0 atom stereocenters. The molecule has 8 heteroatoms. The van der Waals surface area contributed by atoms with Gasteiger partial charge >= 0.3 is 0 Å². The third-order valence-corrected chi connectivity index (χ3v) is 5.33. The lowest BCUT2D eigenvalue weighted by molar-refractivity contribution is -0.121. The first-order valence-corrected chi connectivity index (χ1v) is 9.96. The van der Waals surface area contributed by atoms with Gasteiger partial charge in [0.1, 0.15) is 0 Å². The summed E-state index contributed by atoms with van der Waals surface area (Å²) in [7, 11) is -3.41. The smallest absolute Gasteiger partial charge is 0.236 e. The Labute approximate surface area is 144 Å². The number of sulfonamides is 1. The second-order valence-corrected chi connectivity index (χ2v) is 7.73. The molecule has 2 N–H and O–H groups in total. The quantitative estimate of drug-likeness (QED) is 0.667. The van der Waals surface area contributed by atoms with E-state index in [1.807, 2.05) is 18.2 Å². The summed E-state index contributed by atoms with van der Waals surface area (Å²) >= 11 is 0. The maximum atomic E-state index is 11.7. The van der Waals surface area contributed by atoms with Crippen molar-refractivity contribution in [3.63, 3.8) is 0 Å². The van der Waals surface area contributed by atoms with Crippen molar-refractivity contribution in [3.8, 4) is 0 Å². The number of benzene rings is 1. The molecule has 24 heavy (non-hydrogen) atoms. The average Bonchev–Trinajstić information content (AvgIpc) is 2.59. The monoisotopic (exact) mass is 354 g/mol. The van der Waals surface area contributed by atoms with Crippen LogP contribution in [0.2, 0.25) is 0 Å². The Hall–Kier alpha value is -1.64. The number of carbonyl (C=O) groups excluding carboxylic acids is 1. The van der Waals surface area contributed by atoms with Gasteiger partial charge in [-0.3, -0.25) is 15.1 Å². The lowest BCUT2D eigenvalue weighted by Crippen LogP contribution is -2.48. The molecule has 1 saturated heterocycles. The number of amides is 1. The van der Waals surface area contributed by atoms with Crippen LogP contribution in [0, 0.1) is 0 Å². The molecule has 0 aromatic heterocycles. The zero-order valence-electron chi connectivity index (χ0n) is 14.1. The van der Waals surface area contributed by atoms with Gasteiger partial charge in [-0.1, -0.05) is 25.1 Å². The number of rotatable bonds is 8. The summed E-state index contributed by atoms with van der Waals surface area (Å²) in [5.41, 5.74) is 3.49. The Morgan fingerprint density at radius 1 is 1.12 bits per heavy atom. The molecule has 1 fully saturated rings. The third kappa shape index (κ3) is 6.10. The first-order valence-electron chi connectivity index (χ1n) is 8.31. The van der Waals surface area contributed by atoms with Gasteiger partial charge in [0, 0.05) is 44.8 Å². The van der Waals surface area contributed by atoms with Crippen molar-refractivity contribution in [1.29, 1.82) is 0 Å². The van der Waals surface area contributed by atoms with Crippen LogP contribution in [0.5, 0.6) is 0 Å². The van der Waals surface area contributed by atoms with E-state index in [1.165, 1.54) is 5.69 Å². The maximum absolute atomic E-state index is 11.7. The molecule has 0 aliphatic carbocycles. The predicted octanol–water partition coefficient (Wildman–Crippen LogP) is 0.559. The fraction of sp³-hybridized carbons (Fsp3) is 0.562. The molecular formula is C16H26N4O3S. The molecule has 0 unspecified atom stereocenters. The number of hydrogen-bond acceptors (Lipinski definition) is 5. The molecule has 0 radical (unpaired) electrons. The van der Waals surface area contributed by atoms with Crippen molar-refractivity contribution in [3.05, 3.63) is 30.3 Å². The van der Waals surface area contributed by atoms with E-state index in [9.17, 15) is 13.2 Å². The Bertz CT molecular complexity index is 613. The zero-order valence-corrected chi connectivity index (χ0v) is 14.9. The normalized spacial score (nSPS) is 16.1. The number of para-hydroxylation sites is 1. The molecule has 0 saturated carbocycles. The fourth-order valence-corrected chi connectivity index (χ4v) is 3.55. The summed E-state index contributed by atoms with van der Waals surface area (Å²) in [6.45, 7) is 6.04. The largest absolute Gasteiger partial charge is 0.369 e. The van der Waals surface area contributed by atoms with Crippen LogP contribution in [0.1, 0.15) is 19.8 Å². The Morgan fingerprint density at radius 3 is 2.42 bits per heavy atom. The molecule has 1 aromatic carbocycles. The number of nitrogens with zero attached hydrogens (tertiary/aromatic N) is 2. The highest BCUT2D eigenvalue weighted by atomic mass is 32.2. The summed E-state index contributed by atoms with van der Waals surface area (Å²) < 4.78 is 22.9. The number of hydrogen-bond donors (Lipinski definition) is 2. The van der Waals surface area contributed by atoms with Crippen molar-refractivity contribution in [1.82, 2.24) is 15.2 Å². The molecule has 7 nitrogen and oxygen atoms in total. The Balaban J connectivity index is 1.66. The van der Waals surface area contributed by atoms with Gasteiger partial charge in [0.15, 0.2) is 0 Å². The van der Waals surface area contributed by atoms with Crippen molar-refractivity contribution in [2.24, 2.45) is 0 Å². The van der Waals surface area contributed by atoms with Crippen LogP contribution < -0.4 is 15.2 Å². The lowest BCUT2D eigenvalue weighted by Gasteiger charge is -2.36. The molecule has 134 valence electrons. The van der Waals surface area contributed by atoms with Gasteiger partial charge in [0.2, 0.25) is 15.9 Å². The minimum absolute atomic E-state index is 0.00866. The van der Waals surface area contributed by atoms with E-state index in [0.29, 0.717) is 13.0 Å². The van der Waals surface area contributed by atoms with Crippen LogP contribution in [-0.4, -0.2) is 57.7 Å². The highest BCUT2D eigenvalue weighted by Crippen LogP contribution is 2.15. The van der Waals surface area contributed by atoms with E-state index in [0.717, 1.165) is 26.2 Å². The van der Waals surface area contributed by atoms with E-state index < -0.39 is 10.0 Å². The molecule has 1 aromatic rings. The minimum atomic E-state index is -3.41. The molecule has 1 aliphatic rings. The van der Waals surface area contributed by atoms with E-state index in [2.05, 4.69) is 32.2 Å². The molecule has 1 amide bonds. The van der Waals surface area contributed by atoms with Crippen LogP contribution in [-0.2, 0) is 14.8 Å². The topological polar surface area (TPSA) is 81.8 Å². The predicted molar refractivity (Wildman–Crippen MR) is 95.1 cm³/mol. The number of hydrazine groups is 1. The van der Waals surface area contributed by atoms with Crippen molar-refractivity contribution >= 4 is 21.6 Å². The van der Waals surface area contributed by atoms with Gasteiger partial charge in [0.05, 0.1) is 5.75 Å². The number of carbonyl (C=O) groups is 1. The van der Waals surface area contributed by atoms with Crippen LogP contribution in [0.15, 0.2) is 30.3 Å². The second-order valence-electron chi connectivity index (χ2n) is 5.88. The number of piperazine rings is 1. The van der Waals surface area contributed by atoms with E-state index >= 15 is 0 Å². The van der Waals surface area contributed by atoms with E-state index in [1.54, 1.807) is 6.92 Å². The van der Waals surface area contributed by atoms with Crippen molar-refractivity contribution < 1.29 is 13.2 Å². The fourth-order valence-electron chi connectivity index (χ4n) is 2.65. The van der Waals surface area contributed by atoms with Gasteiger partial charge in [0.25, 0.3) is 0 Å². The van der Waals surface area contributed by atoms with Gasteiger partial charge in [-0.2, -0.15) is 0 Å². The minimum Gasteiger partial charge on any atom is -0.369 e. The Kier molecular flexibility index (Phi) is 7.01. The summed E-state index contributed by atoms with van der Waals surface area (Å²) in [6, 6.07) is 10.3. The van der Waals surface area contributed by atoms with Gasteiger partial charge in [-0.05, 0) is 18.6 Å². The number of nitrogens with one attached hydrogen (secondary N) is 2. The molecule has 0 bridgehead atoms. The highest BCUT2D eigenvalue weighted by Gasteiger charge is 2.18. The summed E-state index contributed by atoms with van der Waals surface area (Å²) in [5, 5.41) is 0. The van der Waals surface area contributed by atoms with Gasteiger partial charge < -0.3 is 4.90 Å². The average molecular weight is 354 g/mol. The maximum Gasteiger partial charge on any atom is 0.236 e. The summed E-state index contributed by atoms with van der Waals surface area (Å²) in [4.78, 5) is 18.4.